The zero-order chi connectivity index (χ0) is 20.2. The van der Waals surface area contributed by atoms with Crippen molar-refractivity contribution in [1.82, 2.24) is 0 Å². The smallest absolute Gasteiger partial charge is 0.194 e. The van der Waals surface area contributed by atoms with Gasteiger partial charge in [-0.25, -0.2) is 0 Å². The standard InChI is InChI=1S/C26H20N2S2/c1-3-9-19(10-4-1)27-23-17-22(26-14-8-16-30-26)24(28-20-11-5-2-6-12-20)18-21(23)25-13-7-15-29-25/h1-18,27-28H/q+1. The molecule has 0 spiro atoms. The lowest BCUT2D eigenvalue weighted by atomic mass is 10.0. The normalized spacial score (nSPS) is 10.8. The average Bonchev–Trinajstić information content (AvgIpc) is 3.51. The third kappa shape index (κ3) is 4.07. The number of thiophene rings is 2. The van der Waals surface area contributed by atoms with Crippen LogP contribution in [0.5, 0.6) is 0 Å². The summed E-state index contributed by atoms with van der Waals surface area (Å²) in [6.45, 7) is 0. The fourth-order valence-corrected chi connectivity index (χ4v) is 4.95. The third-order valence-electron chi connectivity index (χ3n) is 4.84. The SMILES string of the molecule is c1ccc(Nc2cc(-c3cccs3)c([NH+]c3ccccc3)cc2-c2cccs2)cc1. The average molecular weight is 425 g/mol. The molecule has 0 aliphatic heterocycles. The van der Waals surface area contributed by atoms with Gasteiger partial charge in [-0.05, 0) is 41.1 Å². The van der Waals surface area contributed by atoms with Crippen LogP contribution in [0.2, 0.25) is 0 Å². The van der Waals surface area contributed by atoms with E-state index in [0.717, 1.165) is 22.7 Å². The highest BCUT2D eigenvalue weighted by Crippen LogP contribution is 2.41. The van der Waals surface area contributed by atoms with E-state index in [4.69, 9.17) is 0 Å². The van der Waals surface area contributed by atoms with Crippen molar-refractivity contribution in [2.45, 2.75) is 0 Å². The fourth-order valence-electron chi connectivity index (χ4n) is 3.43. The number of rotatable bonds is 6. The van der Waals surface area contributed by atoms with E-state index < -0.39 is 0 Å². The van der Waals surface area contributed by atoms with Crippen molar-refractivity contribution in [3.8, 4) is 20.9 Å². The first kappa shape index (κ1) is 18.8. The van der Waals surface area contributed by atoms with E-state index in [1.165, 1.54) is 20.9 Å². The fraction of sp³-hybridized carbons (Fsp3) is 0. The number of anilines is 4. The largest absolute Gasteiger partial charge is 0.355 e. The number of hydrogen-bond donors (Lipinski definition) is 2. The molecule has 3 aromatic carbocycles. The van der Waals surface area contributed by atoms with E-state index in [1.54, 1.807) is 22.7 Å². The Bertz CT molecular complexity index is 1110. The molecule has 1 radical (unpaired) electrons. The summed E-state index contributed by atoms with van der Waals surface area (Å²) in [5.41, 5.74) is 6.74. The van der Waals surface area contributed by atoms with Crippen LogP contribution >= 0.6 is 22.7 Å². The Morgan fingerprint density at radius 2 is 1.23 bits per heavy atom. The molecule has 30 heavy (non-hydrogen) atoms. The Morgan fingerprint density at radius 1 is 0.600 bits per heavy atom. The molecule has 0 aliphatic carbocycles. The molecule has 0 saturated heterocycles. The van der Waals surface area contributed by atoms with Crippen molar-refractivity contribution >= 4 is 45.4 Å². The number of benzene rings is 3. The molecule has 0 bridgehead atoms. The maximum absolute atomic E-state index is 3.64. The molecule has 4 heteroatoms. The van der Waals surface area contributed by atoms with Crippen molar-refractivity contribution in [3.63, 3.8) is 0 Å². The van der Waals surface area contributed by atoms with Crippen LogP contribution in [-0.4, -0.2) is 0 Å². The number of para-hydroxylation sites is 2. The summed E-state index contributed by atoms with van der Waals surface area (Å²) in [5.74, 6) is 0. The Morgan fingerprint density at radius 3 is 1.87 bits per heavy atom. The van der Waals surface area contributed by atoms with Crippen LogP contribution < -0.4 is 10.6 Å². The second kappa shape index (κ2) is 8.67. The molecule has 5 rings (SSSR count). The monoisotopic (exact) mass is 424 g/mol. The van der Waals surface area contributed by atoms with Gasteiger partial charge >= 0.3 is 0 Å². The van der Waals surface area contributed by atoms with E-state index in [9.17, 15) is 0 Å². The first-order chi connectivity index (χ1) is 14.9. The van der Waals surface area contributed by atoms with Gasteiger partial charge in [0.05, 0.1) is 5.56 Å². The van der Waals surface area contributed by atoms with Crippen molar-refractivity contribution < 1.29 is 5.32 Å². The Labute approximate surface area is 184 Å². The number of nitrogens with one attached hydrogen (secondary N) is 2. The molecule has 5 aromatic rings. The highest BCUT2D eigenvalue weighted by molar-refractivity contribution is 7.14. The topological polar surface area (TPSA) is 27.6 Å². The zero-order valence-corrected chi connectivity index (χ0v) is 17.8. The van der Waals surface area contributed by atoms with Gasteiger partial charge in [-0.1, -0.05) is 48.5 Å². The summed E-state index contributed by atoms with van der Waals surface area (Å²) >= 11 is 3.51. The first-order valence-corrected chi connectivity index (χ1v) is 11.5. The molecule has 2 N–H and O–H groups in total. The lowest BCUT2D eigenvalue weighted by Gasteiger charge is -2.14. The predicted molar refractivity (Wildman–Crippen MR) is 130 cm³/mol. The Balaban J connectivity index is 1.67. The molecular formula is C26H20N2S2+. The van der Waals surface area contributed by atoms with Gasteiger partial charge in [0, 0.05) is 44.9 Å². The van der Waals surface area contributed by atoms with Crippen LogP contribution in [0, 0.1) is 0 Å². The van der Waals surface area contributed by atoms with Gasteiger partial charge in [0.2, 0.25) is 0 Å². The van der Waals surface area contributed by atoms with E-state index in [-0.39, 0.29) is 0 Å². The van der Waals surface area contributed by atoms with E-state index in [2.05, 4.69) is 106 Å². The van der Waals surface area contributed by atoms with Crippen molar-refractivity contribution in [3.05, 3.63) is 108 Å². The maximum atomic E-state index is 3.64. The second-order valence-corrected chi connectivity index (χ2v) is 8.78. The molecule has 0 amide bonds. The zero-order valence-electron chi connectivity index (χ0n) is 16.2. The minimum absolute atomic E-state index is 1.08. The van der Waals surface area contributed by atoms with Gasteiger partial charge in [0.15, 0.2) is 11.4 Å². The first-order valence-electron chi connectivity index (χ1n) is 9.77. The van der Waals surface area contributed by atoms with Gasteiger partial charge in [-0.15, -0.1) is 28.0 Å². The van der Waals surface area contributed by atoms with Crippen LogP contribution in [-0.2, 0) is 0 Å². The van der Waals surface area contributed by atoms with Crippen molar-refractivity contribution in [1.29, 1.82) is 0 Å². The molecule has 0 fully saturated rings. The van der Waals surface area contributed by atoms with Crippen LogP contribution in [0.25, 0.3) is 20.9 Å². The number of hydrogen-bond acceptors (Lipinski definition) is 4. The van der Waals surface area contributed by atoms with E-state index in [1.807, 2.05) is 12.1 Å². The molecule has 0 unspecified atom stereocenters. The van der Waals surface area contributed by atoms with Gasteiger partial charge in [0.25, 0.3) is 0 Å². The molecule has 2 heterocycles. The second-order valence-electron chi connectivity index (χ2n) is 6.88. The van der Waals surface area contributed by atoms with Gasteiger partial charge in [-0.3, -0.25) is 0 Å². The highest BCUT2D eigenvalue weighted by Gasteiger charge is 2.20. The lowest BCUT2D eigenvalue weighted by molar-refractivity contribution is -0.477. The van der Waals surface area contributed by atoms with Crippen LogP contribution in [0.4, 0.5) is 22.7 Å². The molecule has 145 valence electrons. The molecule has 0 atom stereocenters. The Hall–Kier alpha value is -3.18. The van der Waals surface area contributed by atoms with Gasteiger partial charge in [0.1, 0.15) is 0 Å². The predicted octanol–water partition coefficient (Wildman–Crippen LogP) is 7.20. The van der Waals surface area contributed by atoms with Gasteiger partial charge in [-0.2, -0.15) is 0 Å². The summed E-state index contributed by atoms with van der Waals surface area (Å²) in [6, 6.07) is 33.8. The quantitative estimate of drug-likeness (QED) is 0.296. The summed E-state index contributed by atoms with van der Waals surface area (Å²) in [6.07, 6.45) is 0. The summed E-state index contributed by atoms with van der Waals surface area (Å²) in [7, 11) is 0. The van der Waals surface area contributed by atoms with E-state index >= 15 is 0 Å². The molecular weight excluding hydrogens is 404 g/mol. The van der Waals surface area contributed by atoms with Crippen LogP contribution in [0.15, 0.2) is 108 Å². The maximum Gasteiger partial charge on any atom is 0.194 e. The Kier molecular flexibility index (Phi) is 5.44. The van der Waals surface area contributed by atoms with Crippen molar-refractivity contribution in [2.24, 2.45) is 0 Å². The van der Waals surface area contributed by atoms with E-state index in [0.29, 0.717) is 0 Å². The third-order valence-corrected chi connectivity index (χ3v) is 6.64. The minimum atomic E-state index is 1.08. The minimum Gasteiger partial charge on any atom is -0.355 e. The van der Waals surface area contributed by atoms with Crippen molar-refractivity contribution in [2.75, 3.05) is 5.32 Å². The highest BCUT2D eigenvalue weighted by atomic mass is 32.1. The summed E-state index contributed by atoms with van der Waals surface area (Å²) in [4.78, 5) is 2.48. The van der Waals surface area contributed by atoms with Gasteiger partial charge < -0.3 is 5.32 Å². The van der Waals surface area contributed by atoms with Crippen LogP contribution in [0.3, 0.4) is 0 Å². The molecule has 0 saturated carbocycles. The molecule has 0 aliphatic rings. The summed E-state index contributed by atoms with van der Waals surface area (Å²) < 4.78 is 0. The van der Waals surface area contributed by atoms with Crippen LogP contribution in [0.1, 0.15) is 0 Å². The summed E-state index contributed by atoms with van der Waals surface area (Å²) in [5, 5.41) is 11.5. The lowest BCUT2D eigenvalue weighted by Crippen LogP contribution is -2.71. The molecule has 2 aromatic heterocycles. The molecule has 2 nitrogen and oxygen atoms in total.